The molecule has 0 spiro atoms. The Morgan fingerprint density at radius 3 is 2.58 bits per heavy atom. The van der Waals surface area contributed by atoms with E-state index in [2.05, 4.69) is 10.3 Å². The highest BCUT2D eigenvalue weighted by atomic mass is 32.2. The highest BCUT2D eigenvalue weighted by Crippen LogP contribution is 2.28. The number of carbonyl (C=O) groups is 1. The van der Waals surface area contributed by atoms with Gasteiger partial charge in [0, 0.05) is 5.56 Å². The van der Waals surface area contributed by atoms with Crippen LogP contribution in [0.15, 0.2) is 29.3 Å². The summed E-state index contributed by atoms with van der Waals surface area (Å²) in [5.41, 5.74) is 0.540. The second kappa shape index (κ2) is 5.74. The molecule has 1 aromatic carbocycles. The standard InChI is InChI=1S/C14H17FN2OS/c1-8(2)12-13(18)17-14(19-12)16-9(3)10-6-4-5-7-11(10)15/h4-9,12H,1-3H3,(H,16,17,18)/t9-,12+/m0/s1. The van der Waals surface area contributed by atoms with Gasteiger partial charge < -0.3 is 5.32 Å². The molecule has 1 N–H and O–H groups in total. The molecule has 2 atom stereocenters. The first-order valence-corrected chi connectivity index (χ1v) is 7.16. The van der Waals surface area contributed by atoms with Gasteiger partial charge in [-0.05, 0) is 18.9 Å². The summed E-state index contributed by atoms with van der Waals surface area (Å²) >= 11 is 1.42. The first-order valence-electron chi connectivity index (χ1n) is 6.28. The number of amidine groups is 1. The second-order valence-corrected chi connectivity index (χ2v) is 6.03. The Bertz CT molecular complexity index is 516. The van der Waals surface area contributed by atoms with Crippen LogP contribution in [0.3, 0.4) is 0 Å². The summed E-state index contributed by atoms with van der Waals surface area (Å²) in [6.45, 7) is 5.82. The van der Waals surface area contributed by atoms with Gasteiger partial charge >= 0.3 is 0 Å². The summed E-state index contributed by atoms with van der Waals surface area (Å²) < 4.78 is 13.6. The number of thioether (sulfide) groups is 1. The number of nitrogens with one attached hydrogen (secondary N) is 1. The fourth-order valence-electron chi connectivity index (χ4n) is 1.94. The zero-order valence-electron chi connectivity index (χ0n) is 11.2. The molecule has 1 amide bonds. The molecule has 1 heterocycles. The number of hydrogen-bond acceptors (Lipinski definition) is 3. The maximum Gasteiger partial charge on any atom is 0.239 e. The fourth-order valence-corrected chi connectivity index (χ4v) is 3.00. The lowest BCUT2D eigenvalue weighted by molar-refractivity contribution is -0.119. The second-order valence-electron chi connectivity index (χ2n) is 4.90. The monoisotopic (exact) mass is 280 g/mol. The number of halogens is 1. The number of rotatable bonds is 3. The molecule has 0 aliphatic carbocycles. The smallest absolute Gasteiger partial charge is 0.239 e. The Hall–Kier alpha value is -1.36. The number of nitrogens with zero attached hydrogens (tertiary/aromatic N) is 1. The molecule has 0 unspecified atom stereocenters. The average Bonchev–Trinajstić information content (AvgIpc) is 2.70. The summed E-state index contributed by atoms with van der Waals surface area (Å²) in [7, 11) is 0. The van der Waals surface area contributed by atoms with Crippen molar-refractivity contribution in [3.05, 3.63) is 35.6 Å². The minimum atomic E-state index is -0.310. The molecule has 0 aromatic heterocycles. The first kappa shape index (κ1) is 14.1. The van der Waals surface area contributed by atoms with Crippen molar-refractivity contribution in [3.63, 3.8) is 0 Å². The SMILES string of the molecule is CC(C)[C@H]1SC(=N[C@@H](C)c2ccccc2F)NC1=O. The van der Waals surface area contributed by atoms with Gasteiger partial charge in [0.05, 0.1) is 11.3 Å². The third kappa shape index (κ3) is 3.15. The van der Waals surface area contributed by atoms with E-state index < -0.39 is 0 Å². The summed E-state index contributed by atoms with van der Waals surface area (Å²) in [4.78, 5) is 16.1. The third-order valence-electron chi connectivity index (χ3n) is 3.00. The number of amides is 1. The fraction of sp³-hybridized carbons (Fsp3) is 0.429. The Morgan fingerprint density at radius 1 is 1.32 bits per heavy atom. The van der Waals surface area contributed by atoms with Crippen molar-refractivity contribution in [2.75, 3.05) is 0 Å². The van der Waals surface area contributed by atoms with Gasteiger partial charge in [-0.25, -0.2) is 4.39 Å². The van der Waals surface area contributed by atoms with Crippen molar-refractivity contribution in [2.24, 2.45) is 10.9 Å². The van der Waals surface area contributed by atoms with E-state index in [1.807, 2.05) is 20.8 Å². The molecule has 0 saturated carbocycles. The van der Waals surface area contributed by atoms with Crippen LogP contribution < -0.4 is 5.32 Å². The summed E-state index contributed by atoms with van der Waals surface area (Å²) in [6.07, 6.45) is 0. The highest BCUT2D eigenvalue weighted by Gasteiger charge is 2.32. The molecule has 1 saturated heterocycles. The lowest BCUT2D eigenvalue weighted by Crippen LogP contribution is -2.27. The van der Waals surface area contributed by atoms with Crippen molar-refractivity contribution in [1.82, 2.24) is 5.32 Å². The molecular formula is C14H17FN2OS. The molecule has 0 bridgehead atoms. The predicted molar refractivity (Wildman–Crippen MR) is 76.6 cm³/mol. The topological polar surface area (TPSA) is 41.5 Å². The molecule has 3 nitrogen and oxygen atoms in total. The lowest BCUT2D eigenvalue weighted by Gasteiger charge is -2.09. The number of carbonyl (C=O) groups excluding carboxylic acids is 1. The quantitative estimate of drug-likeness (QED) is 0.924. The van der Waals surface area contributed by atoms with Crippen molar-refractivity contribution in [3.8, 4) is 0 Å². The summed E-state index contributed by atoms with van der Waals surface area (Å²) in [5, 5.41) is 3.23. The molecule has 0 radical (unpaired) electrons. The molecule has 1 fully saturated rings. The van der Waals surface area contributed by atoms with Gasteiger partial charge in [0.1, 0.15) is 5.82 Å². The van der Waals surface area contributed by atoms with E-state index >= 15 is 0 Å². The van der Waals surface area contributed by atoms with Crippen molar-refractivity contribution in [2.45, 2.75) is 32.1 Å². The zero-order chi connectivity index (χ0) is 14.0. The summed E-state index contributed by atoms with van der Waals surface area (Å²) in [5.74, 6) is -0.0324. The van der Waals surface area contributed by atoms with Crippen LogP contribution >= 0.6 is 11.8 Å². The first-order chi connectivity index (χ1) is 8.99. The Labute approximate surface area is 116 Å². The average molecular weight is 280 g/mol. The van der Waals surface area contributed by atoms with Crippen LogP contribution in [-0.2, 0) is 4.79 Å². The van der Waals surface area contributed by atoms with E-state index in [1.165, 1.54) is 17.8 Å². The van der Waals surface area contributed by atoms with E-state index in [9.17, 15) is 9.18 Å². The van der Waals surface area contributed by atoms with Crippen LogP contribution in [0.25, 0.3) is 0 Å². The van der Waals surface area contributed by atoms with Gasteiger partial charge in [0.2, 0.25) is 5.91 Å². The molecule has 19 heavy (non-hydrogen) atoms. The number of hydrogen-bond donors (Lipinski definition) is 1. The van der Waals surface area contributed by atoms with Gasteiger partial charge in [0.15, 0.2) is 5.17 Å². The van der Waals surface area contributed by atoms with Crippen LogP contribution in [-0.4, -0.2) is 16.3 Å². The van der Waals surface area contributed by atoms with E-state index in [0.29, 0.717) is 10.7 Å². The molecule has 2 rings (SSSR count). The van der Waals surface area contributed by atoms with Crippen LogP contribution in [0.1, 0.15) is 32.4 Å². The van der Waals surface area contributed by atoms with E-state index in [1.54, 1.807) is 18.2 Å². The molecule has 1 aliphatic heterocycles. The molecule has 1 aliphatic rings. The van der Waals surface area contributed by atoms with Crippen molar-refractivity contribution >= 4 is 22.8 Å². The number of aliphatic imine (C=N–C) groups is 1. The van der Waals surface area contributed by atoms with Crippen molar-refractivity contribution in [1.29, 1.82) is 0 Å². The van der Waals surface area contributed by atoms with E-state index in [0.717, 1.165) is 0 Å². The minimum absolute atomic E-state index is 0.0144. The maximum absolute atomic E-state index is 13.6. The van der Waals surface area contributed by atoms with E-state index in [-0.39, 0.29) is 28.9 Å². The minimum Gasteiger partial charge on any atom is -0.304 e. The van der Waals surface area contributed by atoms with Crippen LogP contribution in [0.5, 0.6) is 0 Å². The summed E-state index contributed by atoms with van der Waals surface area (Å²) in [6, 6.07) is 6.26. The van der Waals surface area contributed by atoms with Gasteiger partial charge in [0.25, 0.3) is 0 Å². The van der Waals surface area contributed by atoms with Gasteiger partial charge in [-0.15, -0.1) is 0 Å². The van der Waals surface area contributed by atoms with Gasteiger partial charge in [-0.3, -0.25) is 9.79 Å². The van der Waals surface area contributed by atoms with Crippen molar-refractivity contribution < 1.29 is 9.18 Å². The Kier molecular flexibility index (Phi) is 4.24. The lowest BCUT2D eigenvalue weighted by atomic mass is 10.1. The normalized spacial score (nSPS) is 22.9. The molecule has 5 heteroatoms. The maximum atomic E-state index is 13.6. The van der Waals surface area contributed by atoms with Crippen LogP contribution in [0.2, 0.25) is 0 Å². The molecular weight excluding hydrogens is 263 g/mol. The molecule has 1 aromatic rings. The highest BCUT2D eigenvalue weighted by molar-refractivity contribution is 8.15. The Morgan fingerprint density at radius 2 is 2.00 bits per heavy atom. The van der Waals surface area contributed by atoms with Crippen LogP contribution in [0.4, 0.5) is 4.39 Å². The predicted octanol–water partition coefficient (Wildman–Crippen LogP) is 3.13. The van der Waals surface area contributed by atoms with E-state index in [4.69, 9.17) is 0 Å². The largest absolute Gasteiger partial charge is 0.304 e. The van der Waals surface area contributed by atoms with Gasteiger partial charge in [-0.2, -0.15) is 0 Å². The Balaban J connectivity index is 2.15. The molecule has 102 valence electrons. The van der Waals surface area contributed by atoms with Gasteiger partial charge in [-0.1, -0.05) is 43.8 Å². The third-order valence-corrected chi connectivity index (χ3v) is 4.44. The number of benzene rings is 1. The zero-order valence-corrected chi connectivity index (χ0v) is 12.0. The van der Waals surface area contributed by atoms with Crippen LogP contribution in [0, 0.1) is 11.7 Å².